The maximum absolute atomic E-state index is 5.73. The van der Waals surface area contributed by atoms with Crippen LogP contribution in [0, 0.1) is 20.8 Å². The van der Waals surface area contributed by atoms with Gasteiger partial charge in [-0.1, -0.05) is 6.07 Å². The Morgan fingerprint density at radius 2 is 1.71 bits per heavy atom. The summed E-state index contributed by atoms with van der Waals surface area (Å²) >= 11 is 0. The van der Waals surface area contributed by atoms with Crippen LogP contribution >= 0.6 is 0 Å². The highest BCUT2D eigenvalue weighted by Crippen LogP contribution is 2.26. The van der Waals surface area contributed by atoms with Crippen molar-refractivity contribution in [3.8, 4) is 11.6 Å². The average molecular weight is 228 g/mol. The zero-order valence-corrected chi connectivity index (χ0v) is 10.3. The molecule has 17 heavy (non-hydrogen) atoms. The van der Waals surface area contributed by atoms with Crippen LogP contribution in [0.5, 0.6) is 11.6 Å². The van der Waals surface area contributed by atoms with E-state index in [9.17, 15) is 0 Å². The van der Waals surface area contributed by atoms with Crippen molar-refractivity contribution in [3.63, 3.8) is 0 Å². The van der Waals surface area contributed by atoms with Crippen molar-refractivity contribution in [2.45, 2.75) is 20.8 Å². The highest BCUT2D eigenvalue weighted by molar-refractivity contribution is 5.43. The zero-order chi connectivity index (χ0) is 12.4. The van der Waals surface area contributed by atoms with E-state index in [0.29, 0.717) is 11.6 Å². The molecule has 0 bridgehead atoms. The second kappa shape index (κ2) is 4.45. The number of benzene rings is 1. The molecule has 0 aliphatic heterocycles. The molecule has 88 valence electrons. The Kier molecular flexibility index (Phi) is 3.00. The van der Waals surface area contributed by atoms with Gasteiger partial charge in [0, 0.05) is 6.07 Å². The van der Waals surface area contributed by atoms with Crippen LogP contribution < -0.4 is 10.5 Å². The SMILES string of the molecule is Cc1cc(C)c(Oc2ccc(N)cn2)cc1C. The number of nitrogen functional groups attached to an aromatic ring is 1. The largest absolute Gasteiger partial charge is 0.439 e. The van der Waals surface area contributed by atoms with Crippen LogP contribution in [0.2, 0.25) is 0 Å². The summed E-state index contributed by atoms with van der Waals surface area (Å²) in [5, 5.41) is 0. The lowest BCUT2D eigenvalue weighted by atomic mass is 10.1. The summed E-state index contributed by atoms with van der Waals surface area (Å²) in [7, 11) is 0. The Balaban J connectivity index is 2.30. The Morgan fingerprint density at radius 3 is 2.35 bits per heavy atom. The molecule has 0 unspecified atom stereocenters. The van der Waals surface area contributed by atoms with Crippen molar-refractivity contribution in [2.75, 3.05) is 5.73 Å². The molecule has 0 spiro atoms. The summed E-state index contributed by atoms with van der Waals surface area (Å²) in [6, 6.07) is 7.69. The van der Waals surface area contributed by atoms with Gasteiger partial charge in [0.25, 0.3) is 0 Å². The summed E-state index contributed by atoms with van der Waals surface area (Å²) in [5.41, 5.74) is 9.79. The van der Waals surface area contributed by atoms with Crippen LogP contribution in [0.15, 0.2) is 30.5 Å². The Morgan fingerprint density at radius 1 is 1.00 bits per heavy atom. The number of hydrogen-bond donors (Lipinski definition) is 1. The van der Waals surface area contributed by atoms with Crippen molar-refractivity contribution in [2.24, 2.45) is 0 Å². The van der Waals surface area contributed by atoms with Crippen molar-refractivity contribution in [1.29, 1.82) is 0 Å². The molecule has 0 radical (unpaired) electrons. The first kappa shape index (κ1) is 11.5. The number of anilines is 1. The van der Waals surface area contributed by atoms with Crippen LogP contribution in [0.25, 0.3) is 0 Å². The van der Waals surface area contributed by atoms with Crippen LogP contribution in [0.3, 0.4) is 0 Å². The Bertz CT molecular complexity index is 533. The summed E-state index contributed by atoms with van der Waals surface area (Å²) in [6.07, 6.45) is 1.59. The number of aromatic nitrogens is 1. The normalized spacial score (nSPS) is 10.3. The summed E-state index contributed by atoms with van der Waals surface area (Å²) < 4.78 is 5.73. The molecule has 1 heterocycles. The molecule has 0 atom stereocenters. The fraction of sp³-hybridized carbons (Fsp3) is 0.214. The Labute approximate surface area is 101 Å². The molecular formula is C14H16N2O. The van der Waals surface area contributed by atoms with Gasteiger partial charge in [-0.15, -0.1) is 0 Å². The first-order valence-corrected chi connectivity index (χ1v) is 5.53. The van der Waals surface area contributed by atoms with Gasteiger partial charge in [-0.3, -0.25) is 0 Å². The molecule has 0 fully saturated rings. The van der Waals surface area contributed by atoms with Gasteiger partial charge in [-0.05, 0) is 49.6 Å². The second-order valence-electron chi connectivity index (χ2n) is 4.23. The second-order valence-corrected chi connectivity index (χ2v) is 4.23. The summed E-state index contributed by atoms with van der Waals surface area (Å²) in [6.45, 7) is 6.19. The van der Waals surface area contributed by atoms with Crippen LogP contribution in [-0.4, -0.2) is 4.98 Å². The monoisotopic (exact) mass is 228 g/mol. The highest BCUT2D eigenvalue weighted by atomic mass is 16.5. The summed E-state index contributed by atoms with van der Waals surface area (Å²) in [5.74, 6) is 1.40. The molecule has 3 heteroatoms. The lowest BCUT2D eigenvalue weighted by Crippen LogP contribution is -1.93. The maximum atomic E-state index is 5.73. The van der Waals surface area contributed by atoms with E-state index in [1.54, 1.807) is 18.3 Å². The van der Waals surface area contributed by atoms with E-state index >= 15 is 0 Å². The van der Waals surface area contributed by atoms with Crippen LogP contribution in [0.4, 0.5) is 5.69 Å². The van der Waals surface area contributed by atoms with Gasteiger partial charge in [0.1, 0.15) is 5.75 Å². The molecular weight excluding hydrogens is 212 g/mol. The van der Waals surface area contributed by atoms with E-state index in [2.05, 4.69) is 24.9 Å². The first-order chi connectivity index (χ1) is 8.06. The maximum Gasteiger partial charge on any atom is 0.219 e. The van der Waals surface area contributed by atoms with Gasteiger partial charge in [-0.25, -0.2) is 4.98 Å². The molecule has 0 saturated heterocycles. The third-order valence-corrected chi connectivity index (χ3v) is 2.77. The molecule has 3 nitrogen and oxygen atoms in total. The molecule has 1 aromatic carbocycles. The van der Waals surface area contributed by atoms with E-state index in [1.165, 1.54) is 11.1 Å². The number of ether oxygens (including phenoxy) is 1. The van der Waals surface area contributed by atoms with Gasteiger partial charge in [0.05, 0.1) is 11.9 Å². The molecule has 2 rings (SSSR count). The van der Waals surface area contributed by atoms with Crippen LogP contribution in [-0.2, 0) is 0 Å². The molecule has 0 aliphatic carbocycles. The lowest BCUT2D eigenvalue weighted by Gasteiger charge is -2.10. The van der Waals surface area contributed by atoms with E-state index in [4.69, 9.17) is 10.5 Å². The van der Waals surface area contributed by atoms with Gasteiger partial charge in [-0.2, -0.15) is 0 Å². The number of aryl methyl sites for hydroxylation is 3. The average Bonchev–Trinajstić information content (AvgIpc) is 2.29. The smallest absolute Gasteiger partial charge is 0.219 e. The minimum Gasteiger partial charge on any atom is -0.439 e. The van der Waals surface area contributed by atoms with Gasteiger partial charge in [0.15, 0.2) is 0 Å². The number of pyridine rings is 1. The van der Waals surface area contributed by atoms with Crippen molar-refractivity contribution in [3.05, 3.63) is 47.2 Å². The minimum absolute atomic E-state index is 0.561. The fourth-order valence-electron chi connectivity index (χ4n) is 1.61. The van der Waals surface area contributed by atoms with Crippen molar-refractivity contribution in [1.82, 2.24) is 4.98 Å². The summed E-state index contributed by atoms with van der Waals surface area (Å²) in [4.78, 5) is 4.12. The topological polar surface area (TPSA) is 48.1 Å². The molecule has 1 aromatic heterocycles. The number of rotatable bonds is 2. The van der Waals surface area contributed by atoms with Crippen LogP contribution in [0.1, 0.15) is 16.7 Å². The van der Waals surface area contributed by atoms with Gasteiger partial charge in [0.2, 0.25) is 5.88 Å². The number of nitrogens with two attached hydrogens (primary N) is 1. The Hall–Kier alpha value is -2.03. The third-order valence-electron chi connectivity index (χ3n) is 2.77. The van der Waals surface area contributed by atoms with E-state index < -0.39 is 0 Å². The molecule has 0 saturated carbocycles. The minimum atomic E-state index is 0.561. The highest BCUT2D eigenvalue weighted by Gasteiger charge is 2.04. The third kappa shape index (κ3) is 2.56. The molecule has 2 N–H and O–H groups in total. The quantitative estimate of drug-likeness (QED) is 0.857. The first-order valence-electron chi connectivity index (χ1n) is 5.53. The standard InChI is InChI=1S/C14H16N2O/c1-9-6-11(3)13(7-10(9)2)17-14-5-4-12(15)8-16-14/h4-8H,15H2,1-3H3. The lowest BCUT2D eigenvalue weighted by molar-refractivity contribution is 0.459. The van der Waals surface area contributed by atoms with Crippen molar-refractivity contribution < 1.29 is 4.74 Å². The molecule has 0 amide bonds. The fourth-order valence-corrected chi connectivity index (χ4v) is 1.61. The van der Waals surface area contributed by atoms with E-state index in [1.807, 2.05) is 13.0 Å². The molecule has 0 aliphatic rings. The van der Waals surface area contributed by atoms with E-state index in [-0.39, 0.29) is 0 Å². The van der Waals surface area contributed by atoms with Crippen molar-refractivity contribution >= 4 is 5.69 Å². The number of hydrogen-bond acceptors (Lipinski definition) is 3. The number of nitrogens with zero attached hydrogens (tertiary/aromatic N) is 1. The predicted octanol–water partition coefficient (Wildman–Crippen LogP) is 3.38. The molecule has 2 aromatic rings. The van der Waals surface area contributed by atoms with Gasteiger partial charge < -0.3 is 10.5 Å². The zero-order valence-electron chi connectivity index (χ0n) is 10.3. The predicted molar refractivity (Wildman–Crippen MR) is 69.4 cm³/mol. The van der Waals surface area contributed by atoms with E-state index in [0.717, 1.165) is 11.3 Å². The van der Waals surface area contributed by atoms with Gasteiger partial charge >= 0.3 is 0 Å².